The zero-order valence-electron chi connectivity index (χ0n) is 16.3. The minimum absolute atomic E-state index is 0. The molecule has 0 atom stereocenters. The van der Waals surface area contributed by atoms with Crippen molar-refractivity contribution in [3.05, 3.63) is 65.7 Å². The van der Waals surface area contributed by atoms with Gasteiger partial charge in [0.15, 0.2) is 0 Å². The van der Waals surface area contributed by atoms with Gasteiger partial charge in [0.25, 0.3) is 5.91 Å². The third kappa shape index (κ3) is 6.52. The second-order valence-corrected chi connectivity index (χ2v) is 8.21. The normalized spacial score (nSPS) is 15.5. The van der Waals surface area contributed by atoms with Crippen LogP contribution in [0, 0.1) is 5.41 Å². The summed E-state index contributed by atoms with van der Waals surface area (Å²) in [6, 6.07) is 18.3. The number of halogens is 1. The van der Waals surface area contributed by atoms with Gasteiger partial charge in [0.2, 0.25) is 0 Å². The first-order valence-corrected chi connectivity index (χ1v) is 10.4. The number of hydrogen-bond donors (Lipinski definition) is 2. The van der Waals surface area contributed by atoms with E-state index in [1.807, 2.05) is 30.3 Å². The number of benzene rings is 2. The quantitative estimate of drug-likeness (QED) is 0.630. The molecule has 1 saturated heterocycles. The van der Waals surface area contributed by atoms with Gasteiger partial charge in [-0.1, -0.05) is 30.3 Å². The van der Waals surface area contributed by atoms with Crippen LogP contribution < -0.4 is 10.6 Å². The van der Waals surface area contributed by atoms with Gasteiger partial charge in [-0.05, 0) is 55.8 Å². The molecular weight excluding hydrogens is 392 g/mol. The summed E-state index contributed by atoms with van der Waals surface area (Å²) in [7, 11) is 1.73. The van der Waals surface area contributed by atoms with E-state index >= 15 is 0 Å². The Balaban J connectivity index is 0.00000280. The molecule has 0 radical (unpaired) electrons. The lowest BCUT2D eigenvalue weighted by Gasteiger charge is -2.37. The monoisotopic (exact) mass is 420 g/mol. The van der Waals surface area contributed by atoms with E-state index in [9.17, 15) is 4.79 Å². The number of nitrogens with one attached hydrogen (secondary N) is 2. The first kappa shape index (κ1) is 22.8. The van der Waals surface area contributed by atoms with Crippen LogP contribution in [0.5, 0.6) is 0 Å². The number of piperidine rings is 1. The summed E-state index contributed by atoms with van der Waals surface area (Å²) in [5, 5.41) is 6.50. The Morgan fingerprint density at radius 1 is 1.11 bits per heavy atom. The number of thioether (sulfide) groups is 1. The number of ether oxygens (including phenoxy) is 1. The number of methoxy groups -OCH3 is 1. The number of amides is 1. The minimum atomic E-state index is -0.00808. The number of carbonyl (C=O) groups excluding carboxylic acids is 1. The van der Waals surface area contributed by atoms with Gasteiger partial charge in [0.05, 0.1) is 6.61 Å². The Kier molecular flexibility index (Phi) is 9.32. The SMILES string of the molecule is COCC1(CNC(=O)c2ccc(CSc3ccccc3)cc2)CCNCC1.Cl. The van der Waals surface area contributed by atoms with Gasteiger partial charge >= 0.3 is 0 Å². The van der Waals surface area contributed by atoms with Crippen molar-refractivity contribution in [1.82, 2.24) is 10.6 Å². The van der Waals surface area contributed by atoms with Crippen LogP contribution >= 0.6 is 24.2 Å². The predicted molar refractivity (Wildman–Crippen MR) is 118 cm³/mol. The Morgan fingerprint density at radius 2 is 1.79 bits per heavy atom. The summed E-state index contributed by atoms with van der Waals surface area (Å²) in [5.41, 5.74) is 1.97. The van der Waals surface area contributed by atoms with Gasteiger partial charge in [-0.25, -0.2) is 0 Å². The van der Waals surface area contributed by atoms with Crippen molar-refractivity contribution < 1.29 is 9.53 Å². The summed E-state index contributed by atoms with van der Waals surface area (Å²) in [4.78, 5) is 13.8. The first-order valence-electron chi connectivity index (χ1n) is 9.45. The van der Waals surface area contributed by atoms with Crippen LogP contribution in [-0.2, 0) is 10.5 Å². The molecule has 0 saturated carbocycles. The van der Waals surface area contributed by atoms with Crippen molar-refractivity contribution in [1.29, 1.82) is 0 Å². The fraction of sp³-hybridized carbons (Fsp3) is 0.409. The van der Waals surface area contributed by atoms with Gasteiger partial charge in [0, 0.05) is 35.3 Å². The molecule has 152 valence electrons. The topological polar surface area (TPSA) is 50.4 Å². The molecule has 2 N–H and O–H groups in total. The van der Waals surface area contributed by atoms with Crippen LogP contribution in [0.2, 0.25) is 0 Å². The van der Waals surface area contributed by atoms with E-state index in [0.717, 1.165) is 31.7 Å². The fourth-order valence-electron chi connectivity index (χ4n) is 3.44. The zero-order valence-corrected chi connectivity index (χ0v) is 17.9. The summed E-state index contributed by atoms with van der Waals surface area (Å²) in [6.45, 7) is 3.30. The maximum absolute atomic E-state index is 12.6. The van der Waals surface area contributed by atoms with E-state index in [1.165, 1.54) is 10.5 Å². The van der Waals surface area contributed by atoms with Crippen molar-refractivity contribution in [3.63, 3.8) is 0 Å². The van der Waals surface area contributed by atoms with Crippen LogP contribution in [0.15, 0.2) is 59.5 Å². The molecule has 0 aromatic heterocycles. The molecule has 2 aromatic rings. The van der Waals surface area contributed by atoms with Crippen LogP contribution in [0.25, 0.3) is 0 Å². The van der Waals surface area contributed by atoms with Crippen LogP contribution in [0.1, 0.15) is 28.8 Å². The highest BCUT2D eigenvalue weighted by atomic mass is 35.5. The van der Waals surface area contributed by atoms with Crippen LogP contribution in [0.3, 0.4) is 0 Å². The molecule has 1 aliphatic rings. The van der Waals surface area contributed by atoms with Gasteiger partial charge in [0.1, 0.15) is 0 Å². The summed E-state index contributed by atoms with van der Waals surface area (Å²) < 4.78 is 5.42. The van der Waals surface area contributed by atoms with E-state index in [2.05, 4.69) is 34.9 Å². The third-order valence-corrected chi connectivity index (χ3v) is 6.19. The summed E-state index contributed by atoms with van der Waals surface area (Å²) in [6.07, 6.45) is 2.05. The van der Waals surface area contributed by atoms with Gasteiger partial charge in [-0.2, -0.15) is 0 Å². The lowest BCUT2D eigenvalue weighted by Crippen LogP contribution is -2.47. The number of rotatable bonds is 8. The Labute approximate surface area is 178 Å². The summed E-state index contributed by atoms with van der Waals surface area (Å²) in [5.74, 6) is 0.891. The standard InChI is InChI=1S/C22H28N2O2S.ClH/c1-26-17-22(11-13-23-14-12-22)16-24-21(25)19-9-7-18(8-10-19)15-27-20-5-3-2-4-6-20;/h2-10,23H,11-17H2,1H3,(H,24,25);1H. The smallest absolute Gasteiger partial charge is 0.251 e. The molecule has 0 aliphatic carbocycles. The molecule has 6 heteroatoms. The van der Waals surface area contributed by atoms with E-state index in [0.29, 0.717) is 18.7 Å². The molecule has 28 heavy (non-hydrogen) atoms. The molecule has 0 spiro atoms. The molecule has 1 aliphatic heterocycles. The Bertz CT molecular complexity index is 714. The molecule has 4 nitrogen and oxygen atoms in total. The number of carbonyl (C=O) groups is 1. The van der Waals surface area contributed by atoms with Crippen molar-refractivity contribution in [2.75, 3.05) is 33.4 Å². The first-order chi connectivity index (χ1) is 13.2. The molecule has 0 unspecified atom stereocenters. The van der Waals surface area contributed by atoms with Crippen LogP contribution in [-0.4, -0.2) is 39.3 Å². The van der Waals surface area contributed by atoms with Crippen molar-refractivity contribution in [2.45, 2.75) is 23.5 Å². The zero-order chi connectivity index (χ0) is 19.0. The average molecular weight is 421 g/mol. The Hall–Kier alpha value is -1.53. The highest BCUT2D eigenvalue weighted by Crippen LogP contribution is 2.28. The summed E-state index contributed by atoms with van der Waals surface area (Å²) >= 11 is 1.80. The predicted octanol–water partition coefficient (Wildman–Crippen LogP) is 4.15. The second-order valence-electron chi connectivity index (χ2n) is 7.16. The van der Waals surface area contributed by atoms with Crippen LogP contribution in [0.4, 0.5) is 0 Å². The third-order valence-electron chi connectivity index (χ3n) is 5.10. The largest absolute Gasteiger partial charge is 0.384 e. The molecule has 1 fully saturated rings. The lowest BCUT2D eigenvalue weighted by atomic mass is 9.79. The van der Waals surface area contributed by atoms with Gasteiger partial charge in [-0.15, -0.1) is 24.2 Å². The average Bonchev–Trinajstić information content (AvgIpc) is 2.73. The fourth-order valence-corrected chi connectivity index (χ4v) is 4.32. The van der Waals surface area contributed by atoms with E-state index < -0.39 is 0 Å². The van der Waals surface area contributed by atoms with Gasteiger partial charge < -0.3 is 15.4 Å². The van der Waals surface area contributed by atoms with Crippen molar-refractivity contribution >= 4 is 30.1 Å². The van der Waals surface area contributed by atoms with Crippen molar-refractivity contribution in [3.8, 4) is 0 Å². The van der Waals surface area contributed by atoms with E-state index in [-0.39, 0.29) is 23.7 Å². The molecule has 3 rings (SSSR count). The van der Waals surface area contributed by atoms with E-state index in [4.69, 9.17) is 4.74 Å². The molecule has 0 bridgehead atoms. The maximum atomic E-state index is 12.6. The Morgan fingerprint density at radius 3 is 2.43 bits per heavy atom. The maximum Gasteiger partial charge on any atom is 0.251 e. The molecular formula is C22H29ClN2O2S. The van der Waals surface area contributed by atoms with Gasteiger partial charge in [-0.3, -0.25) is 4.79 Å². The van der Waals surface area contributed by atoms with E-state index in [1.54, 1.807) is 18.9 Å². The highest BCUT2D eigenvalue weighted by molar-refractivity contribution is 7.98. The number of hydrogen-bond acceptors (Lipinski definition) is 4. The minimum Gasteiger partial charge on any atom is -0.384 e. The van der Waals surface area contributed by atoms with Crippen molar-refractivity contribution in [2.24, 2.45) is 5.41 Å². The lowest BCUT2D eigenvalue weighted by molar-refractivity contribution is 0.0512. The highest BCUT2D eigenvalue weighted by Gasteiger charge is 2.32. The molecule has 2 aromatic carbocycles. The second kappa shape index (κ2) is 11.5. The molecule has 1 amide bonds. The molecule has 1 heterocycles.